The van der Waals surface area contributed by atoms with Gasteiger partial charge in [-0.2, -0.15) is 0 Å². The van der Waals surface area contributed by atoms with Crippen molar-refractivity contribution in [1.29, 1.82) is 0 Å². The normalized spacial score (nSPS) is 11.3. The second kappa shape index (κ2) is 8.80. The molecule has 2 aromatic rings. The second-order valence-corrected chi connectivity index (χ2v) is 6.66. The number of carbonyl (C=O) groups excluding carboxylic acids is 1. The fraction of sp³-hybridized carbons (Fsp3) is 0.444. The molecule has 0 unspecified atom stereocenters. The lowest BCUT2D eigenvalue weighted by atomic mass is 9.98. The molecule has 0 aliphatic carbocycles. The molecular formula is C18H25N3O2S. The van der Waals surface area contributed by atoms with Gasteiger partial charge in [-0.05, 0) is 12.8 Å². The molecule has 0 saturated carbocycles. The van der Waals surface area contributed by atoms with Crippen molar-refractivity contribution in [3.05, 3.63) is 41.4 Å². The van der Waals surface area contributed by atoms with Gasteiger partial charge < -0.3 is 15.7 Å². The van der Waals surface area contributed by atoms with Gasteiger partial charge in [0.2, 0.25) is 0 Å². The number of thiazole rings is 1. The lowest BCUT2D eigenvalue weighted by Crippen LogP contribution is -2.46. The van der Waals surface area contributed by atoms with Crippen LogP contribution in [0.1, 0.15) is 32.4 Å². The van der Waals surface area contributed by atoms with Gasteiger partial charge in [0.15, 0.2) is 0 Å². The molecule has 2 rings (SSSR count). The number of aliphatic hydroxyl groups is 1. The number of hydrogen-bond acceptors (Lipinski definition) is 4. The first-order valence-electron chi connectivity index (χ1n) is 8.30. The van der Waals surface area contributed by atoms with Crippen molar-refractivity contribution in [2.75, 3.05) is 13.1 Å². The van der Waals surface area contributed by atoms with Gasteiger partial charge in [0.25, 0.3) is 0 Å². The van der Waals surface area contributed by atoms with Gasteiger partial charge >= 0.3 is 6.03 Å². The maximum absolute atomic E-state index is 11.8. The smallest absolute Gasteiger partial charge is 0.314 e. The Balaban J connectivity index is 1.74. The minimum absolute atomic E-state index is 0.256. The average Bonchev–Trinajstić information content (AvgIpc) is 3.09. The molecule has 3 N–H and O–H groups in total. The van der Waals surface area contributed by atoms with E-state index in [2.05, 4.69) is 15.6 Å². The minimum Gasteiger partial charge on any atom is -0.388 e. The number of carbonyl (C=O) groups is 1. The summed E-state index contributed by atoms with van der Waals surface area (Å²) < 4.78 is 0. The molecule has 6 heteroatoms. The van der Waals surface area contributed by atoms with E-state index in [9.17, 15) is 9.90 Å². The monoisotopic (exact) mass is 347 g/mol. The molecular weight excluding hydrogens is 322 g/mol. The van der Waals surface area contributed by atoms with Crippen LogP contribution >= 0.6 is 11.3 Å². The average molecular weight is 347 g/mol. The summed E-state index contributed by atoms with van der Waals surface area (Å²) in [6.07, 6.45) is 1.91. The van der Waals surface area contributed by atoms with Crippen LogP contribution in [-0.2, 0) is 6.42 Å². The van der Waals surface area contributed by atoms with Crippen molar-refractivity contribution in [3.63, 3.8) is 0 Å². The SMILES string of the molecule is CCC(O)(CC)CNC(=O)NCCc1csc(-c2ccccc2)n1. The Morgan fingerprint density at radius 3 is 2.58 bits per heavy atom. The molecule has 1 heterocycles. The number of urea groups is 1. The van der Waals surface area contributed by atoms with E-state index in [1.54, 1.807) is 11.3 Å². The van der Waals surface area contributed by atoms with Crippen LogP contribution in [0.4, 0.5) is 4.79 Å². The Hall–Kier alpha value is -1.92. The molecule has 0 fully saturated rings. The highest BCUT2D eigenvalue weighted by Crippen LogP contribution is 2.23. The van der Waals surface area contributed by atoms with Crippen LogP contribution in [0.25, 0.3) is 10.6 Å². The van der Waals surface area contributed by atoms with Gasteiger partial charge in [0.05, 0.1) is 11.3 Å². The first kappa shape index (κ1) is 18.4. The van der Waals surface area contributed by atoms with E-state index in [-0.39, 0.29) is 12.6 Å². The van der Waals surface area contributed by atoms with Gasteiger partial charge in [-0.3, -0.25) is 0 Å². The van der Waals surface area contributed by atoms with Crippen molar-refractivity contribution in [3.8, 4) is 10.6 Å². The van der Waals surface area contributed by atoms with E-state index in [1.807, 2.05) is 49.6 Å². The Labute approximate surface area is 147 Å². The molecule has 0 saturated heterocycles. The highest BCUT2D eigenvalue weighted by atomic mass is 32.1. The van der Waals surface area contributed by atoms with Crippen LogP contribution in [0.3, 0.4) is 0 Å². The largest absolute Gasteiger partial charge is 0.388 e. The van der Waals surface area contributed by atoms with Gasteiger partial charge in [0, 0.05) is 30.5 Å². The fourth-order valence-corrected chi connectivity index (χ4v) is 3.11. The molecule has 0 radical (unpaired) electrons. The summed E-state index contributed by atoms with van der Waals surface area (Å²) >= 11 is 1.61. The van der Waals surface area contributed by atoms with Gasteiger partial charge in [0.1, 0.15) is 5.01 Å². The number of aromatic nitrogens is 1. The molecule has 5 nitrogen and oxygen atoms in total. The highest BCUT2D eigenvalue weighted by Gasteiger charge is 2.22. The van der Waals surface area contributed by atoms with E-state index in [1.165, 1.54) is 0 Å². The van der Waals surface area contributed by atoms with Crippen LogP contribution in [0.15, 0.2) is 35.7 Å². The van der Waals surface area contributed by atoms with E-state index in [0.717, 1.165) is 16.3 Å². The molecule has 0 atom stereocenters. The number of nitrogens with zero attached hydrogens (tertiary/aromatic N) is 1. The second-order valence-electron chi connectivity index (χ2n) is 5.80. The van der Waals surface area contributed by atoms with Crippen LogP contribution in [0.2, 0.25) is 0 Å². The maximum Gasteiger partial charge on any atom is 0.314 e. The molecule has 0 spiro atoms. The van der Waals surface area contributed by atoms with Gasteiger partial charge in [-0.15, -0.1) is 11.3 Å². The van der Waals surface area contributed by atoms with Crippen molar-refractivity contribution < 1.29 is 9.90 Å². The topological polar surface area (TPSA) is 74.2 Å². The lowest BCUT2D eigenvalue weighted by Gasteiger charge is -2.25. The van der Waals surface area contributed by atoms with Crippen molar-refractivity contribution >= 4 is 17.4 Å². The molecule has 0 bridgehead atoms. The molecule has 0 aliphatic heterocycles. The van der Waals surface area contributed by atoms with Crippen LogP contribution in [0, 0.1) is 0 Å². The van der Waals surface area contributed by atoms with E-state index in [4.69, 9.17) is 0 Å². The van der Waals surface area contributed by atoms with Gasteiger partial charge in [-0.1, -0.05) is 44.2 Å². The summed E-state index contributed by atoms with van der Waals surface area (Å²) in [5.74, 6) is 0. The van der Waals surface area contributed by atoms with Crippen LogP contribution in [0.5, 0.6) is 0 Å². The van der Waals surface area contributed by atoms with Crippen molar-refractivity contribution in [2.45, 2.75) is 38.7 Å². The summed E-state index contributed by atoms with van der Waals surface area (Å²) in [5, 5.41) is 18.7. The third-order valence-electron chi connectivity index (χ3n) is 4.13. The van der Waals surface area contributed by atoms with Crippen molar-refractivity contribution in [2.24, 2.45) is 0 Å². The minimum atomic E-state index is -0.823. The molecule has 130 valence electrons. The molecule has 1 aromatic heterocycles. The molecule has 24 heavy (non-hydrogen) atoms. The Bertz CT molecular complexity index is 639. The van der Waals surface area contributed by atoms with Crippen LogP contribution < -0.4 is 10.6 Å². The summed E-state index contributed by atoms with van der Waals surface area (Å²) in [7, 11) is 0. The summed E-state index contributed by atoms with van der Waals surface area (Å²) in [5.41, 5.74) is 1.26. The van der Waals surface area contributed by atoms with Crippen molar-refractivity contribution in [1.82, 2.24) is 15.6 Å². The quantitative estimate of drug-likeness (QED) is 0.686. The third-order valence-corrected chi connectivity index (χ3v) is 5.07. The zero-order valence-corrected chi connectivity index (χ0v) is 15.0. The lowest BCUT2D eigenvalue weighted by molar-refractivity contribution is 0.0349. The Kier molecular flexibility index (Phi) is 6.75. The third kappa shape index (κ3) is 5.32. The standard InChI is InChI=1S/C18H25N3O2S/c1-3-18(23,4-2)13-20-17(22)19-11-10-15-12-24-16(21-15)14-8-6-5-7-9-14/h5-9,12,23H,3-4,10-11,13H2,1-2H3,(H2,19,20,22). The molecule has 2 amide bonds. The number of rotatable bonds is 8. The number of nitrogens with one attached hydrogen (secondary N) is 2. The Morgan fingerprint density at radius 1 is 1.21 bits per heavy atom. The summed E-state index contributed by atoms with van der Waals surface area (Å²) in [6.45, 7) is 4.60. The number of benzene rings is 1. The van der Waals surface area contributed by atoms with E-state index in [0.29, 0.717) is 25.8 Å². The first-order chi connectivity index (χ1) is 11.6. The fourth-order valence-electron chi connectivity index (χ4n) is 2.25. The van der Waals surface area contributed by atoms with E-state index < -0.39 is 5.60 Å². The Morgan fingerprint density at radius 2 is 1.92 bits per heavy atom. The number of hydrogen-bond donors (Lipinski definition) is 3. The zero-order chi connectivity index (χ0) is 17.4. The predicted molar refractivity (Wildman–Crippen MR) is 98.2 cm³/mol. The van der Waals surface area contributed by atoms with Crippen LogP contribution in [-0.4, -0.2) is 34.8 Å². The molecule has 0 aliphatic rings. The molecule has 1 aromatic carbocycles. The highest BCUT2D eigenvalue weighted by molar-refractivity contribution is 7.13. The first-order valence-corrected chi connectivity index (χ1v) is 9.18. The summed E-state index contributed by atoms with van der Waals surface area (Å²) in [4.78, 5) is 16.4. The van der Waals surface area contributed by atoms with Gasteiger partial charge in [-0.25, -0.2) is 9.78 Å². The predicted octanol–water partition coefficient (Wildman–Crippen LogP) is 3.20. The number of amides is 2. The maximum atomic E-state index is 11.8. The zero-order valence-electron chi connectivity index (χ0n) is 14.2. The summed E-state index contributed by atoms with van der Waals surface area (Å²) in [6, 6.07) is 9.80. The van der Waals surface area contributed by atoms with E-state index >= 15 is 0 Å².